The molecule has 1 heterocycles. The first-order valence-electron chi connectivity index (χ1n) is 7.40. The fourth-order valence-corrected chi connectivity index (χ4v) is 3.49. The van der Waals surface area contributed by atoms with Gasteiger partial charge in [-0.05, 0) is 51.1 Å². The molecule has 1 amide bonds. The summed E-state index contributed by atoms with van der Waals surface area (Å²) in [5.74, 6) is -3.54. The second-order valence-corrected chi connectivity index (χ2v) is 7.79. The second kappa shape index (κ2) is 8.44. The molecule has 0 fully saturated rings. The molecular formula is C17H17F2NO3S2. The van der Waals surface area contributed by atoms with Crippen LogP contribution < -0.4 is 5.32 Å². The van der Waals surface area contributed by atoms with Crippen LogP contribution >= 0.6 is 23.1 Å². The Balaban J connectivity index is 1.93. The molecule has 2 aromatic rings. The zero-order valence-electron chi connectivity index (χ0n) is 13.8. The largest absolute Gasteiger partial charge is 0.449 e. The Labute approximate surface area is 152 Å². The molecule has 0 bridgehead atoms. The lowest BCUT2D eigenvalue weighted by molar-refractivity contribution is -0.123. The Morgan fingerprint density at radius 1 is 1.20 bits per heavy atom. The molecule has 0 saturated heterocycles. The number of esters is 1. The van der Waals surface area contributed by atoms with Crippen LogP contribution in [0.5, 0.6) is 0 Å². The molecule has 1 N–H and O–H groups in total. The van der Waals surface area contributed by atoms with Gasteiger partial charge in [0.25, 0.3) is 11.7 Å². The average molecular weight is 385 g/mol. The standard InChI is InChI=1S/C17H17F2NO3S2/c1-9-8-14(11(3)24-9)16(22)23-10(2)15(21)20-12-4-6-13(7-5-12)25-17(18)19/h4-8,10,17H,1-3H3,(H,20,21)/t10-/m0/s1. The summed E-state index contributed by atoms with van der Waals surface area (Å²) in [5, 5.41) is 2.59. The van der Waals surface area contributed by atoms with E-state index in [0.29, 0.717) is 27.9 Å². The van der Waals surface area contributed by atoms with Crippen LogP contribution in [0.25, 0.3) is 0 Å². The smallest absolute Gasteiger partial charge is 0.340 e. The van der Waals surface area contributed by atoms with Crippen LogP contribution in [0.1, 0.15) is 27.0 Å². The lowest BCUT2D eigenvalue weighted by Gasteiger charge is -2.13. The van der Waals surface area contributed by atoms with Gasteiger partial charge in [-0.1, -0.05) is 11.8 Å². The summed E-state index contributed by atoms with van der Waals surface area (Å²) in [7, 11) is 0. The molecule has 1 aromatic carbocycles. The number of halogens is 2. The molecule has 25 heavy (non-hydrogen) atoms. The maximum Gasteiger partial charge on any atom is 0.340 e. The van der Waals surface area contributed by atoms with Crippen molar-refractivity contribution in [1.29, 1.82) is 0 Å². The summed E-state index contributed by atoms with van der Waals surface area (Å²) in [4.78, 5) is 26.5. The van der Waals surface area contributed by atoms with Crippen molar-refractivity contribution in [1.82, 2.24) is 0 Å². The molecule has 0 aliphatic carbocycles. The van der Waals surface area contributed by atoms with Crippen LogP contribution in [0.3, 0.4) is 0 Å². The SMILES string of the molecule is Cc1cc(C(=O)O[C@@H](C)C(=O)Nc2ccc(SC(F)F)cc2)c(C)s1. The first-order valence-corrected chi connectivity index (χ1v) is 9.09. The highest BCUT2D eigenvalue weighted by molar-refractivity contribution is 7.99. The van der Waals surface area contributed by atoms with Gasteiger partial charge < -0.3 is 10.1 Å². The van der Waals surface area contributed by atoms with E-state index in [2.05, 4.69) is 5.32 Å². The summed E-state index contributed by atoms with van der Waals surface area (Å²) in [6.45, 7) is 5.18. The minimum absolute atomic E-state index is 0.399. The Morgan fingerprint density at radius 3 is 2.36 bits per heavy atom. The van der Waals surface area contributed by atoms with Crippen molar-refractivity contribution in [3.8, 4) is 0 Å². The fourth-order valence-electron chi connectivity index (χ4n) is 2.07. The number of ether oxygens (including phenoxy) is 1. The highest BCUT2D eigenvalue weighted by atomic mass is 32.2. The first kappa shape index (κ1) is 19.4. The third kappa shape index (κ3) is 5.54. The number of thiophene rings is 1. The lowest BCUT2D eigenvalue weighted by Crippen LogP contribution is -2.30. The normalized spacial score (nSPS) is 12.1. The molecule has 8 heteroatoms. The van der Waals surface area contributed by atoms with E-state index in [1.54, 1.807) is 6.07 Å². The number of rotatable bonds is 6. The van der Waals surface area contributed by atoms with E-state index in [1.807, 2.05) is 13.8 Å². The number of benzene rings is 1. The van der Waals surface area contributed by atoms with Crippen molar-refractivity contribution in [2.24, 2.45) is 0 Å². The molecule has 1 aromatic heterocycles. The van der Waals surface area contributed by atoms with E-state index < -0.39 is 23.7 Å². The van der Waals surface area contributed by atoms with E-state index in [0.717, 1.165) is 9.75 Å². The minimum Gasteiger partial charge on any atom is -0.449 e. The average Bonchev–Trinajstić information content (AvgIpc) is 2.87. The van der Waals surface area contributed by atoms with Crippen LogP contribution in [0.15, 0.2) is 35.2 Å². The number of anilines is 1. The monoisotopic (exact) mass is 385 g/mol. The maximum atomic E-state index is 12.3. The summed E-state index contributed by atoms with van der Waals surface area (Å²) in [6.07, 6.45) is -0.984. The van der Waals surface area contributed by atoms with E-state index in [4.69, 9.17) is 4.74 Å². The topological polar surface area (TPSA) is 55.4 Å². The molecule has 0 radical (unpaired) electrons. The van der Waals surface area contributed by atoms with Gasteiger partial charge in [0.2, 0.25) is 0 Å². The second-order valence-electron chi connectivity index (χ2n) is 5.27. The van der Waals surface area contributed by atoms with E-state index in [9.17, 15) is 18.4 Å². The number of thioether (sulfide) groups is 1. The zero-order chi connectivity index (χ0) is 18.6. The Morgan fingerprint density at radius 2 is 1.84 bits per heavy atom. The zero-order valence-corrected chi connectivity index (χ0v) is 15.5. The van der Waals surface area contributed by atoms with Crippen molar-refractivity contribution >= 4 is 40.7 Å². The van der Waals surface area contributed by atoms with Gasteiger partial charge in [0, 0.05) is 20.3 Å². The molecule has 0 aliphatic heterocycles. The summed E-state index contributed by atoms with van der Waals surface area (Å²) < 4.78 is 29.7. The Hall–Kier alpha value is -1.93. The van der Waals surface area contributed by atoms with Gasteiger partial charge in [-0.25, -0.2) is 4.79 Å². The van der Waals surface area contributed by atoms with Crippen molar-refractivity contribution in [2.75, 3.05) is 5.32 Å². The van der Waals surface area contributed by atoms with Crippen LogP contribution in [0.2, 0.25) is 0 Å². The van der Waals surface area contributed by atoms with Crippen molar-refractivity contribution in [2.45, 2.75) is 37.5 Å². The van der Waals surface area contributed by atoms with Gasteiger partial charge in [-0.15, -0.1) is 11.3 Å². The number of carbonyl (C=O) groups is 2. The first-order chi connectivity index (χ1) is 11.8. The highest BCUT2D eigenvalue weighted by Gasteiger charge is 2.21. The number of amides is 1. The molecule has 0 aliphatic rings. The minimum atomic E-state index is -2.50. The molecular weight excluding hydrogens is 368 g/mol. The summed E-state index contributed by atoms with van der Waals surface area (Å²) in [6, 6.07) is 7.74. The van der Waals surface area contributed by atoms with E-state index in [-0.39, 0.29) is 0 Å². The van der Waals surface area contributed by atoms with E-state index >= 15 is 0 Å². The number of carbonyl (C=O) groups excluding carboxylic acids is 2. The molecule has 1 atom stereocenters. The van der Waals surface area contributed by atoms with Gasteiger partial charge in [-0.2, -0.15) is 8.78 Å². The number of nitrogens with one attached hydrogen (secondary N) is 1. The molecule has 0 spiro atoms. The van der Waals surface area contributed by atoms with E-state index in [1.165, 1.54) is 42.5 Å². The van der Waals surface area contributed by atoms with Gasteiger partial charge in [-0.3, -0.25) is 4.79 Å². The number of hydrogen-bond donors (Lipinski definition) is 1. The molecule has 0 unspecified atom stereocenters. The lowest BCUT2D eigenvalue weighted by atomic mass is 10.2. The molecule has 134 valence electrons. The van der Waals surface area contributed by atoms with Gasteiger partial charge in [0.1, 0.15) is 0 Å². The number of alkyl halides is 2. The van der Waals surface area contributed by atoms with Gasteiger partial charge in [0.15, 0.2) is 6.10 Å². The summed E-state index contributed by atoms with van der Waals surface area (Å²) >= 11 is 1.91. The van der Waals surface area contributed by atoms with Crippen LogP contribution in [-0.2, 0) is 9.53 Å². The number of hydrogen-bond acceptors (Lipinski definition) is 5. The molecule has 4 nitrogen and oxygen atoms in total. The van der Waals surface area contributed by atoms with Crippen LogP contribution in [0.4, 0.5) is 14.5 Å². The van der Waals surface area contributed by atoms with Crippen molar-refractivity contribution in [3.63, 3.8) is 0 Å². The predicted octanol–water partition coefficient (Wildman–Crippen LogP) is 4.86. The van der Waals surface area contributed by atoms with Crippen molar-refractivity contribution < 1.29 is 23.1 Å². The Kier molecular flexibility index (Phi) is 6.55. The van der Waals surface area contributed by atoms with Gasteiger partial charge >= 0.3 is 5.97 Å². The summed E-state index contributed by atoms with van der Waals surface area (Å²) in [5.41, 5.74) is 0.893. The quantitative estimate of drug-likeness (QED) is 0.570. The molecule has 2 rings (SSSR count). The maximum absolute atomic E-state index is 12.3. The number of aryl methyl sites for hydroxylation is 2. The van der Waals surface area contributed by atoms with Gasteiger partial charge in [0.05, 0.1) is 5.56 Å². The third-order valence-electron chi connectivity index (χ3n) is 3.26. The van der Waals surface area contributed by atoms with Crippen LogP contribution in [-0.4, -0.2) is 23.7 Å². The van der Waals surface area contributed by atoms with Crippen LogP contribution in [0, 0.1) is 13.8 Å². The fraction of sp³-hybridized carbons (Fsp3) is 0.294. The third-order valence-corrected chi connectivity index (χ3v) is 4.95. The molecule has 0 saturated carbocycles. The Bertz CT molecular complexity index is 760. The van der Waals surface area contributed by atoms with Crippen molar-refractivity contribution in [3.05, 3.63) is 45.6 Å². The predicted molar refractivity (Wildman–Crippen MR) is 95.6 cm³/mol. The highest BCUT2D eigenvalue weighted by Crippen LogP contribution is 2.26.